The monoisotopic (exact) mass is 341 g/mol. The number of carbonyl (C=O) groups is 1. The van der Waals surface area contributed by atoms with Crippen molar-refractivity contribution in [2.75, 3.05) is 11.9 Å². The zero-order valence-corrected chi connectivity index (χ0v) is 15.7. The topological polar surface area (TPSA) is 58.4 Å². The third kappa shape index (κ3) is 3.76. The normalized spacial score (nSPS) is 16.4. The van der Waals surface area contributed by atoms with E-state index in [1.54, 1.807) is 6.92 Å². The maximum absolute atomic E-state index is 11.4. The Morgan fingerprint density at radius 2 is 2.12 bits per heavy atom. The summed E-state index contributed by atoms with van der Waals surface area (Å²) in [6.45, 7) is 11.8. The van der Waals surface area contributed by atoms with E-state index >= 15 is 0 Å². The zero-order chi connectivity index (χ0) is 18.2. The van der Waals surface area contributed by atoms with Crippen molar-refractivity contribution in [2.24, 2.45) is 0 Å². The van der Waals surface area contributed by atoms with Gasteiger partial charge in [-0.2, -0.15) is 0 Å². The molecule has 1 aliphatic heterocycles. The number of oxazole rings is 1. The summed E-state index contributed by atoms with van der Waals surface area (Å²) >= 11 is 0. The second-order valence-corrected chi connectivity index (χ2v) is 7.83. The Balaban J connectivity index is 1.78. The largest absolute Gasteiger partial charge is 0.443 e. The first-order valence-corrected chi connectivity index (χ1v) is 8.84. The summed E-state index contributed by atoms with van der Waals surface area (Å²) in [6, 6.07) is 6.23. The highest BCUT2D eigenvalue weighted by atomic mass is 16.4. The van der Waals surface area contributed by atoms with Gasteiger partial charge >= 0.3 is 0 Å². The molecule has 0 saturated heterocycles. The molecule has 1 atom stereocenters. The van der Waals surface area contributed by atoms with Crippen molar-refractivity contribution in [1.29, 1.82) is 0 Å². The van der Waals surface area contributed by atoms with Crippen LogP contribution in [0.25, 0.3) is 0 Å². The lowest BCUT2D eigenvalue weighted by molar-refractivity contribution is -0.114. The van der Waals surface area contributed by atoms with E-state index in [0.717, 1.165) is 36.8 Å². The maximum atomic E-state index is 11.4. The lowest BCUT2D eigenvalue weighted by Gasteiger charge is -2.33. The average Bonchev–Trinajstić information content (AvgIpc) is 3.03. The first-order valence-electron chi connectivity index (χ1n) is 8.84. The summed E-state index contributed by atoms with van der Waals surface area (Å²) in [4.78, 5) is 18.3. The number of anilines is 1. The number of aromatic nitrogens is 1. The van der Waals surface area contributed by atoms with Gasteiger partial charge in [-0.15, -0.1) is 0 Å². The lowest BCUT2D eigenvalue weighted by atomic mass is 9.94. The van der Waals surface area contributed by atoms with Crippen molar-refractivity contribution < 1.29 is 9.21 Å². The molecule has 1 aromatic carbocycles. The molecule has 2 aromatic rings. The van der Waals surface area contributed by atoms with Gasteiger partial charge in [0.1, 0.15) is 5.76 Å². The number of rotatable bonds is 3. The molecule has 1 N–H and O–H groups in total. The van der Waals surface area contributed by atoms with Crippen LogP contribution >= 0.6 is 0 Å². The molecule has 5 heteroatoms. The number of nitrogens with one attached hydrogen (secondary N) is 1. The second-order valence-electron chi connectivity index (χ2n) is 7.83. The van der Waals surface area contributed by atoms with Crippen molar-refractivity contribution in [1.82, 2.24) is 9.88 Å². The maximum Gasteiger partial charge on any atom is 0.221 e. The van der Waals surface area contributed by atoms with Crippen molar-refractivity contribution in [3.05, 3.63) is 47.2 Å². The van der Waals surface area contributed by atoms with Crippen LogP contribution in [-0.4, -0.2) is 22.3 Å². The van der Waals surface area contributed by atoms with Crippen LogP contribution in [0.4, 0.5) is 5.69 Å². The predicted molar refractivity (Wildman–Crippen MR) is 98.5 cm³/mol. The summed E-state index contributed by atoms with van der Waals surface area (Å²) in [6.07, 6.45) is 2.75. The Morgan fingerprint density at radius 3 is 2.76 bits per heavy atom. The van der Waals surface area contributed by atoms with E-state index in [4.69, 9.17) is 4.42 Å². The SMILES string of the molecule is CC(=O)Nc1cccc2c1CCN([C@@H](C)c1ncc(C(C)(C)C)o1)C2. The van der Waals surface area contributed by atoms with E-state index in [-0.39, 0.29) is 17.4 Å². The molecule has 0 unspecified atom stereocenters. The first kappa shape index (κ1) is 17.7. The fourth-order valence-electron chi connectivity index (χ4n) is 3.25. The smallest absolute Gasteiger partial charge is 0.221 e. The quantitative estimate of drug-likeness (QED) is 0.915. The third-order valence-corrected chi connectivity index (χ3v) is 4.77. The highest BCUT2D eigenvalue weighted by Gasteiger charge is 2.27. The van der Waals surface area contributed by atoms with Gasteiger partial charge in [0.15, 0.2) is 0 Å². The van der Waals surface area contributed by atoms with Crippen molar-refractivity contribution >= 4 is 11.6 Å². The molecule has 0 spiro atoms. The fourth-order valence-corrected chi connectivity index (χ4v) is 3.25. The van der Waals surface area contributed by atoms with Crippen LogP contribution in [0.15, 0.2) is 28.8 Å². The summed E-state index contributed by atoms with van der Waals surface area (Å²) in [5.41, 5.74) is 3.39. The molecule has 1 aromatic heterocycles. The Hall–Kier alpha value is -2.14. The minimum atomic E-state index is -0.0350. The Bertz CT molecular complexity index is 773. The van der Waals surface area contributed by atoms with Crippen molar-refractivity contribution in [2.45, 2.75) is 59.0 Å². The molecule has 5 nitrogen and oxygen atoms in total. The molecular weight excluding hydrogens is 314 g/mol. The molecular formula is C20H27N3O2. The molecule has 0 aliphatic carbocycles. The number of nitrogens with zero attached hydrogens (tertiary/aromatic N) is 2. The summed E-state index contributed by atoms with van der Waals surface area (Å²) < 4.78 is 6.02. The van der Waals surface area contributed by atoms with Gasteiger partial charge in [0.2, 0.25) is 11.8 Å². The number of benzene rings is 1. The van der Waals surface area contributed by atoms with Gasteiger partial charge in [-0.25, -0.2) is 4.98 Å². The average molecular weight is 341 g/mol. The van der Waals surface area contributed by atoms with Gasteiger partial charge < -0.3 is 9.73 Å². The van der Waals surface area contributed by atoms with Crippen LogP contribution in [0.1, 0.15) is 63.4 Å². The number of carbonyl (C=O) groups excluding carboxylic acids is 1. The first-order chi connectivity index (χ1) is 11.8. The minimum Gasteiger partial charge on any atom is -0.443 e. The zero-order valence-electron chi connectivity index (χ0n) is 15.7. The van der Waals surface area contributed by atoms with E-state index < -0.39 is 0 Å². The fraction of sp³-hybridized carbons (Fsp3) is 0.500. The van der Waals surface area contributed by atoms with Gasteiger partial charge in [-0.05, 0) is 30.5 Å². The number of fused-ring (bicyclic) bond motifs is 1. The predicted octanol–water partition coefficient (Wildman–Crippen LogP) is 4.05. The van der Waals surface area contributed by atoms with Gasteiger partial charge in [0, 0.05) is 31.1 Å². The molecule has 2 heterocycles. The molecule has 0 bridgehead atoms. The molecule has 0 saturated carbocycles. The van der Waals surface area contributed by atoms with Gasteiger partial charge in [0.05, 0.1) is 12.2 Å². The van der Waals surface area contributed by atoms with Gasteiger partial charge in [-0.3, -0.25) is 9.69 Å². The van der Waals surface area contributed by atoms with E-state index in [1.807, 2.05) is 18.3 Å². The van der Waals surface area contributed by atoms with Crippen LogP contribution in [0, 0.1) is 0 Å². The molecule has 0 radical (unpaired) electrons. The highest BCUT2D eigenvalue weighted by Crippen LogP contribution is 2.32. The second kappa shape index (κ2) is 6.64. The molecule has 1 amide bonds. The number of hydrogen-bond donors (Lipinski definition) is 1. The molecule has 3 rings (SSSR count). The summed E-state index contributed by atoms with van der Waals surface area (Å²) in [7, 11) is 0. The van der Waals surface area contributed by atoms with Gasteiger partial charge in [0.25, 0.3) is 0 Å². The molecule has 1 aliphatic rings. The molecule has 0 fully saturated rings. The standard InChI is InChI=1S/C20H27N3O2/c1-13(19-21-11-18(25-19)20(3,4)5)23-10-9-16-15(12-23)7-6-8-17(16)22-14(2)24/h6-8,11,13H,9-10,12H2,1-5H3,(H,22,24)/t13-/m0/s1. The van der Waals surface area contributed by atoms with Crippen molar-refractivity contribution in [3.8, 4) is 0 Å². The minimum absolute atomic E-state index is 0.0290. The lowest BCUT2D eigenvalue weighted by Crippen LogP contribution is -2.33. The summed E-state index contributed by atoms with van der Waals surface area (Å²) in [5.74, 6) is 1.66. The Kier molecular flexibility index (Phi) is 4.69. The Morgan fingerprint density at radius 1 is 1.36 bits per heavy atom. The van der Waals surface area contributed by atoms with Crippen molar-refractivity contribution in [3.63, 3.8) is 0 Å². The molecule has 134 valence electrons. The number of amides is 1. The summed E-state index contributed by atoms with van der Waals surface area (Å²) in [5, 5.41) is 2.94. The van der Waals surface area contributed by atoms with E-state index in [2.05, 4.69) is 49.0 Å². The third-order valence-electron chi connectivity index (χ3n) is 4.77. The molecule has 25 heavy (non-hydrogen) atoms. The van der Waals surface area contributed by atoms with E-state index in [0.29, 0.717) is 0 Å². The number of hydrogen-bond acceptors (Lipinski definition) is 4. The Labute approximate surface area is 149 Å². The van der Waals surface area contributed by atoms with Crippen LogP contribution in [0.2, 0.25) is 0 Å². The van der Waals surface area contributed by atoms with Crippen LogP contribution < -0.4 is 5.32 Å². The van der Waals surface area contributed by atoms with Crippen LogP contribution in [0.5, 0.6) is 0 Å². The highest BCUT2D eigenvalue weighted by molar-refractivity contribution is 5.89. The van der Waals surface area contributed by atoms with Crippen LogP contribution in [-0.2, 0) is 23.2 Å². The van der Waals surface area contributed by atoms with Crippen LogP contribution in [0.3, 0.4) is 0 Å². The van der Waals surface area contributed by atoms with E-state index in [9.17, 15) is 4.79 Å². The van der Waals surface area contributed by atoms with E-state index in [1.165, 1.54) is 11.1 Å². The van der Waals surface area contributed by atoms with Gasteiger partial charge in [-0.1, -0.05) is 32.9 Å².